The van der Waals surface area contributed by atoms with Crippen molar-refractivity contribution in [2.24, 2.45) is 0 Å². The van der Waals surface area contributed by atoms with Gasteiger partial charge in [-0.3, -0.25) is 0 Å². The van der Waals surface area contributed by atoms with E-state index in [1.807, 2.05) is 25.1 Å². The summed E-state index contributed by atoms with van der Waals surface area (Å²) < 4.78 is 22.6. The summed E-state index contributed by atoms with van der Waals surface area (Å²) in [5.74, 6) is 2.28. The van der Waals surface area contributed by atoms with E-state index < -0.39 is 0 Å². The maximum Gasteiger partial charge on any atom is 0.339 e. The molecule has 5 rings (SSSR count). The molecular formula is C23H23NO5. The highest BCUT2D eigenvalue weighted by atomic mass is 16.5. The Labute approximate surface area is 168 Å². The molecule has 2 heterocycles. The van der Waals surface area contributed by atoms with Gasteiger partial charge < -0.3 is 23.5 Å². The molecule has 0 spiro atoms. The highest BCUT2D eigenvalue weighted by Crippen LogP contribution is 2.39. The van der Waals surface area contributed by atoms with Crippen LogP contribution >= 0.6 is 0 Å². The van der Waals surface area contributed by atoms with Crippen LogP contribution in [0.2, 0.25) is 0 Å². The molecule has 0 radical (unpaired) electrons. The molecule has 1 aliphatic carbocycles. The van der Waals surface area contributed by atoms with Crippen LogP contribution in [-0.2, 0) is 19.4 Å². The first-order chi connectivity index (χ1) is 14.1. The molecule has 0 fully saturated rings. The minimum Gasteiger partial charge on any atom is -0.497 e. The van der Waals surface area contributed by atoms with Crippen LogP contribution in [0.5, 0.6) is 17.2 Å². The van der Waals surface area contributed by atoms with E-state index in [-0.39, 0.29) is 5.63 Å². The average Bonchev–Trinajstić information content (AvgIpc) is 3.25. The minimum absolute atomic E-state index is 0.200. The molecule has 2 aliphatic rings. The quantitative estimate of drug-likeness (QED) is 0.628. The largest absolute Gasteiger partial charge is 0.497 e. The third-order valence-corrected chi connectivity index (χ3v) is 5.95. The van der Waals surface area contributed by atoms with Crippen LogP contribution in [0.25, 0.3) is 11.0 Å². The number of hydrogen-bond acceptors (Lipinski definition) is 6. The molecule has 3 aromatic rings. The summed E-state index contributed by atoms with van der Waals surface area (Å²) in [6.45, 7) is 3.05. The van der Waals surface area contributed by atoms with E-state index in [1.165, 1.54) is 0 Å². The molecule has 150 valence electrons. The highest BCUT2D eigenvalue weighted by molar-refractivity contribution is 5.88. The topological polar surface area (TPSA) is 61.1 Å². The second-order valence-electron chi connectivity index (χ2n) is 7.61. The number of aryl methyl sites for hydroxylation is 2. The van der Waals surface area contributed by atoms with E-state index in [2.05, 4.69) is 11.0 Å². The Kier molecular flexibility index (Phi) is 4.15. The SMILES string of the molecule is COc1cc(OC)cc(N2COc3c(cc4c5c(c(=O)oc4c3C)CCC5)C2)c1. The molecule has 0 saturated heterocycles. The van der Waals surface area contributed by atoms with Gasteiger partial charge in [0, 0.05) is 52.5 Å². The van der Waals surface area contributed by atoms with Crippen molar-refractivity contribution in [2.45, 2.75) is 32.7 Å². The molecule has 0 N–H and O–H groups in total. The number of nitrogens with zero attached hydrogens (tertiary/aromatic N) is 1. The predicted octanol–water partition coefficient (Wildman–Crippen LogP) is 3.96. The molecule has 0 atom stereocenters. The zero-order valence-electron chi connectivity index (χ0n) is 16.8. The normalized spacial score (nSPS) is 15.1. The third-order valence-electron chi connectivity index (χ3n) is 5.95. The fourth-order valence-electron chi connectivity index (χ4n) is 4.48. The number of benzene rings is 2. The first kappa shape index (κ1) is 17.9. The summed E-state index contributed by atoms with van der Waals surface area (Å²) in [5.41, 5.74) is 5.39. The molecule has 0 bridgehead atoms. The van der Waals surface area contributed by atoms with Gasteiger partial charge in [-0.2, -0.15) is 0 Å². The van der Waals surface area contributed by atoms with E-state index in [9.17, 15) is 4.79 Å². The van der Waals surface area contributed by atoms with Crippen LogP contribution < -0.4 is 24.7 Å². The van der Waals surface area contributed by atoms with E-state index in [4.69, 9.17) is 18.6 Å². The van der Waals surface area contributed by atoms with E-state index >= 15 is 0 Å². The van der Waals surface area contributed by atoms with Crippen LogP contribution in [0.15, 0.2) is 33.5 Å². The Balaban J connectivity index is 1.61. The molecule has 6 nitrogen and oxygen atoms in total. The van der Waals surface area contributed by atoms with Gasteiger partial charge in [-0.05, 0) is 37.8 Å². The molecule has 1 aliphatic heterocycles. The number of anilines is 1. The third kappa shape index (κ3) is 2.82. The fraction of sp³-hybridized carbons (Fsp3) is 0.348. The van der Waals surface area contributed by atoms with Gasteiger partial charge in [0.25, 0.3) is 0 Å². The van der Waals surface area contributed by atoms with Gasteiger partial charge in [0.2, 0.25) is 0 Å². The summed E-state index contributed by atoms with van der Waals surface area (Å²) in [6.07, 6.45) is 2.73. The smallest absolute Gasteiger partial charge is 0.339 e. The first-order valence-electron chi connectivity index (χ1n) is 9.81. The summed E-state index contributed by atoms with van der Waals surface area (Å²) in [5, 5.41) is 1.04. The highest BCUT2D eigenvalue weighted by Gasteiger charge is 2.26. The molecule has 2 aromatic carbocycles. The van der Waals surface area contributed by atoms with Gasteiger partial charge in [0.05, 0.1) is 14.2 Å². The lowest BCUT2D eigenvalue weighted by Crippen LogP contribution is -2.32. The Morgan fingerprint density at radius 3 is 2.45 bits per heavy atom. The standard InChI is InChI=1S/C23H23NO5/c1-13-21-14(7-20-18-5-4-6-19(18)23(25)29-22(13)20)11-24(12-28-21)15-8-16(26-2)10-17(9-15)27-3/h7-10H,4-6,11-12H2,1-3H3. The van der Waals surface area contributed by atoms with Crippen molar-refractivity contribution in [3.05, 3.63) is 56.9 Å². The van der Waals surface area contributed by atoms with Crippen molar-refractivity contribution < 1.29 is 18.6 Å². The molecule has 1 aromatic heterocycles. The zero-order chi connectivity index (χ0) is 20.1. The van der Waals surface area contributed by atoms with Gasteiger partial charge in [0.15, 0.2) is 6.73 Å². The number of rotatable bonds is 3. The Bertz CT molecular complexity index is 1160. The average molecular weight is 393 g/mol. The molecule has 29 heavy (non-hydrogen) atoms. The molecular weight excluding hydrogens is 370 g/mol. The summed E-state index contributed by atoms with van der Waals surface area (Å²) >= 11 is 0. The van der Waals surface area contributed by atoms with Crippen LogP contribution in [0, 0.1) is 6.92 Å². The monoisotopic (exact) mass is 393 g/mol. The van der Waals surface area contributed by atoms with Crippen LogP contribution in [0.4, 0.5) is 5.69 Å². The minimum atomic E-state index is -0.200. The van der Waals surface area contributed by atoms with Crippen molar-refractivity contribution in [1.29, 1.82) is 0 Å². The summed E-state index contributed by atoms with van der Waals surface area (Å²) in [7, 11) is 3.29. The lowest BCUT2D eigenvalue weighted by Gasteiger charge is -2.32. The number of ether oxygens (including phenoxy) is 3. The fourth-order valence-corrected chi connectivity index (χ4v) is 4.48. The first-order valence-corrected chi connectivity index (χ1v) is 9.81. The van der Waals surface area contributed by atoms with E-state index in [0.717, 1.165) is 69.8 Å². The van der Waals surface area contributed by atoms with Gasteiger partial charge in [-0.25, -0.2) is 4.79 Å². The van der Waals surface area contributed by atoms with Gasteiger partial charge in [-0.15, -0.1) is 0 Å². The van der Waals surface area contributed by atoms with Crippen LogP contribution in [0.3, 0.4) is 0 Å². The number of hydrogen-bond donors (Lipinski definition) is 0. The second kappa shape index (κ2) is 6.72. The summed E-state index contributed by atoms with van der Waals surface area (Å²) in [6, 6.07) is 7.93. The van der Waals surface area contributed by atoms with Crippen molar-refractivity contribution in [1.82, 2.24) is 0 Å². The predicted molar refractivity (Wildman–Crippen MR) is 110 cm³/mol. The Morgan fingerprint density at radius 2 is 1.72 bits per heavy atom. The van der Waals surface area contributed by atoms with E-state index in [1.54, 1.807) is 14.2 Å². The molecule has 0 saturated carbocycles. The van der Waals surface area contributed by atoms with Gasteiger partial charge in [0.1, 0.15) is 22.8 Å². The van der Waals surface area contributed by atoms with Crippen LogP contribution in [0.1, 0.15) is 28.7 Å². The van der Waals surface area contributed by atoms with E-state index in [0.29, 0.717) is 18.9 Å². The summed E-state index contributed by atoms with van der Waals surface area (Å²) in [4.78, 5) is 14.5. The van der Waals surface area contributed by atoms with Crippen molar-refractivity contribution >= 4 is 16.7 Å². The maximum atomic E-state index is 12.4. The van der Waals surface area contributed by atoms with Crippen LogP contribution in [-0.4, -0.2) is 21.0 Å². The molecule has 6 heteroatoms. The number of methoxy groups -OCH3 is 2. The molecule has 0 unspecified atom stereocenters. The lowest BCUT2D eigenvalue weighted by molar-refractivity contribution is 0.287. The van der Waals surface area contributed by atoms with Crippen molar-refractivity contribution in [3.63, 3.8) is 0 Å². The van der Waals surface area contributed by atoms with Gasteiger partial charge >= 0.3 is 5.63 Å². The Morgan fingerprint density at radius 1 is 1.00 bits per heavy atom. The molecule has 0 amide bonds. The van der Waals surface area contributed by atoms with Gasteiger partial charge in [-0.1, -0.05) is 0 Å². The number of fused-ring (bicyclic) bond motifs is 4. The zero-order valence-corrected chi connectivity index (χ0v) is 16.8. The lowest BCUT2D eigenvalue weighted by atomic mass is 9.99. The van der Waals surface area contributed by atoms with Crippen molar-refractivity contribution in [2.75, 3.05) is 25.9 Å². The second-order valence-corrected chi connectivity index (χ2v) is 7.61. The maximum absolute atomic E-state index is 12.4. The van der Waals surface area contributed by atoms with Crippen molar-refractivity contribution in [3.8, 4) is 17.2 Å². The Hall–Kier alpha value is -3.15.